The van der Waals surface area contributed by atoms with Crippen LogP contribution in [0.3, 0.4) is 0 Å². The molecule has 6 nitrogen and oxygen atoms in total. The fourth-order valence-corrected chi connectivity index (χ4v) is 4.31. The number of fused-ring (bicyclic) bond motifs is 1. The normalized spacial score (nSPS) is 11.6. The second-order valence-electron chi connectivity index (χ2n) is 7.38. The Bertz CT molecular complexity index is 1280. The summed E-state index contributed by atoms with van der Waals surface area (Å²) in [7, 11) is 0. The molecular formula is C25H23ClN4O2S. The first kappa shape index (κ1) is 22.9. The summed E-state index contributed by atoms with van der Waals surface area (Å²) in [5, 5.41) is 15.2. The van der Waals surface area contributed by atoms with Gasteiger partial charge in [0.25, 0.3) is 5.91 Å². The summed E-state index contributed by atoms with van der Waals surface area (Å²) in [6, 6.07) is 22.4. The van der Waals surface area contributed by atoms with E-state index < -0.39 is 0 Å². The van der Waals surface area contributed by atoms with Crippen molar-refractivity contribution in [3.63, 3.8) is 0 Å². The number of phenols is 1. The van der Waals surface area contributed by atoms with Gasteiger partial charge in [0.15, 0.2) is 5.16 Å². The maximum absolute atomic E-state index is 12.5. The van der Waals surface area contributed by atoms with Crippen molar-refractivity contribution in [1.82, 2.24) is 15.0 Å². The van der Waals surface area contributed by atoms with Gasteiger partial charge in [-0.25, -0.2) is 10.4 Å². The second kappa shape index (κ2) is 10.6. The molecule has 0 fully saturated rings. The Labute approximate surface area is 201 Å². The first-order valence-electron chi connectivity index (χ1n) is 10.5. The third kappa shape index (κ3) is 5.74. The van der Waals surface area contributed by atoms with Gasteiger partial charge >= 0.3 is 0 Å². The molecule has 1 amide bonds. The number of hydrazone groups is 1. The highest BCUT2D eigenvalue weighted by Crippen LogP contribution is 2.25. The number of halogens is 1. The van der Waals surface area contributed by atoms with Gasteiger partial charge in [0.05, 0.1) is 29.0 Å². The number of imidazole rings is 1. The third-order valence-electron chi connectivity index (χ3n) is 5.06. The lowest BCUT2D eigenvalue weighted by Crippen LogP contribution is -2.22. The molecule has 0 bridgehead atoms. The monoisotopic (exact) mass is 478 g/mol. The summed E-state index contributed by atoms with van der Waals surface area (Å²) in [4.78, 5) is 17.2. The summed E-state index contributed by atoms with van der Waals surface area (Å²) in [5.74, 6) is 0.158. The smallest absolute Gasteiger partial charge is 0.250 e. The van der Waals surface area contributed by atoms with Gasteiger partial charge in [0.2, 0.25) is 0 Å². The zero-order valence-electron chi connectivity index (χ0n) is 18.0. The van der Waals surface area contributed by atoms with Crippen molar-refractivity contribution in [3.8, 4) is 5.75 Å². The molecular weight excluding hydrogens is 456 g/mol. The van der Waals surface area contributed by atoms with Gasteiger partial charge in [-0.1, -0.05) is 54.6 Å². The highest BCUT2D eigenvalue weighted by Gasteiger charge is 2.13. The molecule has 1 aromatic heterocycles. The van der Waals surface area contributed by atoms with Crippen LogP contribution in [-0.4, -0.2) is 32.0 Å². The zero-order valence-corrected chi connectivity index (χ0v) is 19.6. The molecule has 0 saturated heterocycles. The predicted molar refractivity (Wildman–Crippen MR) is 134 cm³/mol. The molecule has 0 aliphatic heterocycles. The van der Waals surface area contributed by atoms with Gasteiger partial charge in [0.1, 0.15) is 5.75 Å². The van der Waals surface area contributed by atoms with E-state index in [4.69, 9.17) is 16.6 Å². The number of benzene rings is 3. The largest absolute Gasteiger partial charge is 0.508 e. The van der Waals surface area contributed by atoms with Gasteiger partial charge in [0, 0.05) is 5.02 Å². The van der Waals surface area contributed by atoms with Crippen LogP contribution >= 0.6 is 23.4 Å². The van der Waals surface area contributed by atoms with Crippen molar-refractivity contribution in [1.29, 1.82) is 0 Å². The Morgan fingerprint density at radius 1 is 1.09 bits per heavy atom. The van der Waals surface area contributed by atoms with Crippen LogP contribution < -0.4 is 5.43 Å². The maximum atomic E-state index is 12.5. The fourth-order valence-electron chi connectivity index (χ4n) is 3.38. The summed E-state index contributed by atoms with van der Waals surface area (Å²) >= 11 is 7.40. The van der Waals surface area contributed by atoms with Crippen LogP contribution in [0.5, 0.6) is 5.75 Å². The number of carbonyl (C=O) groups is 1. The van der Waals surface area contributed by atoms with Crippen molar-refractivity contribution >= 4 is 46.0 Å². The molecule has 168 valence electrons. The first-order chi connectivity index (χ1) is 16.0. The number of para-hydroxylation sites is 2. The zero-order chi connectivity index (χ0) is 23.2. The lowest BCUT2D eigenvalue weighted by Gasteiger charge is -2.09. The topological polar surface area (TPSA) is 79.5 Å². The number of nitrogens with one attached hydrogen (secondary N) is 1. The highest BCUT2D eigenvalue weighted by molar-refractivity contribution is 7.99. The van der Waals surface area contributed by atoms with Crippen molar-refractivity contribution < 1.29 is 9.90 Å². The third-order valence-corrected chi connectivity index (χ3v) is 6.29. The average molecular weight is 479 g/mol. The van der Waals surface area contributed by atoms with Crippen LogP contribution in [0.25, 0.3) is 11.0 Å². The number of hydrogen-bond donors (Lipinski definition) is 2. The van der Waals surface area contributed by atoms with Gasteiger partial charge < -0.3 is 9.67 Å². The minimum Gasteiger partial charge on any atom is -0.508 e. The Kier molecular flexibility index (Phi) is 7.32. The van der Waals surface area contributed by atoms with E-state index in [1.165, 1.54) is 11.8 Å². The lowest BCUT2D eigenvalue weighted by atomic mass is 10.1. The molecule has 0 atom stereocenters. The Morgan fingerprint density at radius 3 is 2.55 bits per heavy atom. The van der Waals surface area contributed by atoms with Gasteiger partial charge in [-0.2, -0.15) is 5.10 Å². The molecule has 4 aromatic rings. The van der Waals surface area contributed by atoms with Crippen molar-refractivity contribution in [3.05, 3.63) is 88.9 Å². The van der Waals surface area contributed by atoms with Crippen molar-refractivity contribution in [2.24, 2.45) is 5.10 Å². The average Bonchev–Trinajstić information content (AvgIpc) is 3.18. The van der Waals surface area contributed by atoms with Crippen LogP contribution in [0.2, 0.25) is 5.02 Å². The van der Waals surface area contributed by atoms with Crippen molar-refractivity contribution in [2.45, 2.75) is 25.0 Å². The van der Waals surface area contributed by atoms with Crippen LogP contribution in [0.15, 0.2) is 83.1 Å². The minimum absolute atomic E-state index is 0.181. The molecule has 0 saturated carbocycles. The van der Waals surface area contributed by atoms with Gasteiger partial charge in [-0.3, -0.25) is 4.79 Å². The van der Waals surface area contributed by atoms with E-state index in [2.05, 4.69) is 15.1 Å². The second-order valence-corrected chi connectivity index (χ2v) is 8.76. The van der Waals surface area contributed by atoms with E-state index in [-0.39, 0.29) is 17.4 Å². The molecule has 4 rings (SSSR count). The van der Waals surface area contributed by atoms with Crippen LogP contribution in [-0.2, 0) is 11.3 Å². The number of thioether (sulfide) groups is 1. The lowest BCUT2D eigenvalue weighted by molar-refractivity contribution is -0.118. The van der Waals surface area contributed by atoms with Crippen LogP contribution in [0.1, 0.15) is 24.5 Å². The summed E-state index contributed by atoms with van der Waals surface area (Å²) in [6.07, 6.45) is 0.648. The quantitative estimate of drug-likeness (QED) is 0.200. The van der Waals surface area contributed by atoms with E-state index in [9.17, 15) is 9.90 Å². The Hall–Kier alpha value is -3.29. The maximum Gasteiger partial charge on any atom is 0.250 e. The summed E-state index contributed by atoms with van der Waals surface area (Å²) < 4.78 is 2.10. The molecule has 0 unspecified atom stereocenters. The van der Waals surface area contributed by atoms with Crippen LogP contribution in [0, 0.1) is 0 Å². The van der Waals surface area contributed by atoms with Crippen LogP contribution in [0.4, 0.5) is 0 Å². The number of aromatic nitrogens is 2. The minimum atomic E-state index is -0.213. The summed E-state index contributed by atoms with van der Waals surface area (Å²) in [5.41, 5.74) is 7.22. The number of hydrogen-bond acceptors (Lipinski definition) is 5. The van der Waals surface area contributed by atoms with Gasteiger partial charge in [-0.05, 0) is 66.1 Å². The Balaban J connectivity index is 1.47. The van der Waals surface area contributed by atoms with E-state index >= 15 is 0 Å². The number of phenolic OH excluding ortho intramolecular Hbond substituents is 1. The number of amides is 1. The molecule has 0 radical (unpaired) electrons. The molecule has 0 aliphatic rings. The number of aromatic hydroxyl groups is 1. The number of rotatable bonds is 8. The fraction of sp³-hybridized carbons (Fsp3) is 0.160. The molecule has 8 heteroatoms. The number of carbonyl (C=O) groups excluding carboxylic acids is 1. The standard InChI is InChI=1S/C25H23ClN4O2S/c1-2-21(18-9-13-20(31)14-10-18)28-29-24(32)16-33-25-27-22-5-3-4-6-23(22)30(25)15-17-7-11-19(26)12-8-17/h3-14,31H,2,15-16H2,1H3,(H,29,32). The molecule has 0 aliphatic carbocycles. The Morgan fingerprint density at radius 2 is 1.82 bits per heavy atom. The first-order valence-corrected chi connectivity index (χ1v) is 11.9. The summed E-state index contributed by atoms with van der Waals surface area (Å²) in [6.45, 7) is 2.59. The van der Waals surface area contributed by atoms with E-state index in [1.807, 2.05) is 55.5 Å². The molecule has 2 N–H and O–H groups in total. The molecule has 3 aromatic carbocycles. The van der Waals surface area contributed by atoms with E-state index in [0.717, 1.165) is 33.0 Å². The molecule has 0 spiro atoms. The highest BCUT2D eigenvalue weighted by atomic mass is 35.5. The van der Waals surface area contributed by atoms with Crippen molar-refractivity contribution in [2.75, 3.05) is 5.75 Å². The molecule has 33 heavy (non-hydrogen) atoms. The van der Waals surface area contributed by atoms with E-state index in [0.29, 0.717) is 18.0 Å². The van der Waals surface area contributed by atoms with E-state index in [1.54, 1.807) is 24.3 Å². The molecule has 1 heterocycles. The number of nitrogens with zero attached hydrogens (tertiary/aromatic N) is 3. The SMILES string of the molecule is CCC(=NNC(=O)CSc1nc2ccccc2n1Cc1ccc(Cl)cc1)c1ccc(O)cc1. The predicted octanol–water partition coefficient (Wildman–Crippen LogP) is 5.47. The van der Waals surface area contributed by atoms with Gasteiger partial charge in [-0.15, -0.1) is 0 Å².